The number of nitrogens with one attached hydrogen (secondary N) is 1. The van der Waals surface area contributed by atoms with E-state index < -0.39 is 6.04 Å². The summed E-state index contributed by atoms with van der Waals surface area (Å²) in [7, 11) is 0. The fraction of sp³-hybridized carbons (Fsp3) is 0.357. The van der Waals surface area contributed by atoms with Gasteiger partial charge in [-0.2, -0.15) is 0 Å². The van der Waals surface area contributed by atoms with E-state index in [9.17, 15) is 4.79 Å². The molecule has 3 N–H and O–H groups in total. The number of hydrogen-bond acceptors (Lipinski definition) is 2. The first-order chi connectivity index (χ1) is 8.20. The van der Waals surface area contributed by atoms with Gasteiger partial charge < -0.3 is 11.1 Å². The summed E-state index contributed by atoms with van der Waals surface area (Å²) in [6.07, 6.45) is 4.00. The second kappa shape index (κ2) is 5.15. The average Bonchev–Trinajstić information content (AvgIpc) is 2.71. The van der Waals surface area contributed by atoms with Crippen LogP contribution in [0.15, 0.2) is 36.9 Å². The molecule has 2 rings (SSSR count). The highest BCUT2D eigenvalue weighted by molar-refractivity contribution is 5.82. The minimum Gasteiger partial charge on any atom is -0.351 e. The zero-order valence-electron chi connectivity index (χ0n) is 9.86. The summed E-state index contributed by atoms with van der Waals surface area (Å²) in [5.41, 5.74) is 8.39. The number of rotatable bonds is 4. The van der Waals surface area contributed by atoms with Crippen LogP contribution in [-0.4, -0.2) is 18.0 Å². The Hall–Kier alpha value is -1.61. The van der Waals surface area contributed by atoms with Gasteiger partial charge in [0.15, 0.2) is 0 Å². The molecule has 1 aromatic carbocycles. The van der Waals surface area contributed by atoms with E-state index in [0.717, 1.165) is 12.8 Å². The molecule has 0 saturated heterocycles. The first-order valence-corrected chi connectivity index (χ1v) is 5.94. The molecule has 0 saturated carbocycles. The number of fused-ring (bicyclic) bond motifs is 1. The Morgan fingerprint density at radius 2 is 2.06 bits per heavy atom. The molecule has 0 aromatic heterocycles. The van der Waals surface area contributed by atoms with Crippen molar-refractivity contribution in [1.82, 2.24) is 5.32 Å². The van der Waals surface area contributed by atoms with Crippen LogP contribution in [0.4, 0.5) is 0 Å². The van der Waals surface area contributed by atoms with Crippen molar-refractivity contribution in [2.75, 3.05) is 0 Å². The maximum absolute atomic E-state index is 11.8. The van der Waals surface area contributed by atoms with Gasteiger partial charge in [-0.1, -0.05) is 30.3 Å². The van der Waals surface area contributed by atoms with E-state index in [1.54, 1.807) is 6.08 Å². The SMILES string of the molecule is C=CCC(N)C(=O)NC1Cc2ccccc2C1. The molecule has 1 aliphatic carbocycles. The van der Waals surface area contributed by atoms with Crippen molar-refractivity contribution in [3.05, 3.63) is 48.0 Å². The summed E-state index contributed by atoms with van der Waals surface area (Å²) in [6, 6.07) is 8.02. The largest absolute Gasteiger partial charge is 0.351 e. The zero-order chi connectivity index (χ0) is 12.3. The highest BCUT2D eigenvalue weighted by Gasteiger charge is 2.23. The molecule has 0 heterocycles. The molecule has 0 fully saturated rings. The van der Waals surface area contributed by atoms with E-state index in [1.807, 2.05) is 12.1 Å². The second-order valence-corrected chi connectivity index (χ2v) is 4.51. The van der Waals surface area contributed by atoms with Gasteiger partial charge in [0, 0.05) is 6.04 Å². The minimum atomic E-state index is -0.476. The third kappa shape index (κ3) is 2.74. The Balaban J connectivity index is 1.91. The van der Waals surface area contributed by atoms with Crippen LogP contribution in [0.2, 0.25) is 0 Å². The average molecular weight is 230 g/mol. The Labute approximate surface area is 102 Å². The lowest BCUT2D eigenvalue weighted by atomic mass is 10.1. The molecular formula is C14H18N2O. The normalized spacial score (nSPS) is 16.3. The van der Waals surface area contributed by atoms with Crippen LogP contribution in [-0.2, 0) is 17.6 Å². The lowest BCUT2D eigenvalue weighted by Gasteiger charge is -2.15. The summed E-state index contributed by atoms with van der Waals surface area (Å²) < 4.78 is 0. The summed E-state index contributed by atoms with van der Waals surface area (Å²) in [5, 5.41) is 3.00. The molecule has 0 spiro atoms. The highest BCUT2D eigenvalue weighted by Crippen LogP contribution is 2.21. The number of nitrogens with two attached hydrogens (primary N) is 1. The Morgan fingerprint density at radius 1 is 1.47 bits per heavy atom. The van der Waals surface area contributed by atoms with E-state index in [-0.39, 0.29) is 11.9 Å². The van der Waals surface area contributed by atoms with Crippen LogP contribution >= 0.6 is 0 Å². The van der Waals surface area contributed by atoms with Crippen molar-refractivity contribution in [2.45, 2.75) is 31.3 Å². The third-order valence-electron chi connectivity index (χ3n) is 3.15. The van der Waals surface area contributed by atoms with E-state index in [2.05, 4.69) is 24.0 Å². The number of hydrogen-bond donors (Lipinski definition) is 2. The quantitative estimate of drug-likeness (QED) is 0.763. The van der Waals surface area contributed by atoms with Crippen LogP contribution in [0.25, 0.3) is 0 Å². The zero-order valence-corrected chi connectivity index (χ0v) is 9.86. The predicted octanol–water partition coefficient (Wildman–Crippen LogP) is 1.17. The number of carbonyl (C=O) groups excluding carboxylic acids is 1. The Kier molecular flexibility index (Phi) is 3.59. The minimum absolute atomic E-state index is 0.0808. The van der Waals surface area contributed by atoms with E-state index in [1.165, 1.54) is 11.1 Å². The van der Waals surface area contributed by atoms with Gasteiger partial charge in [0.05, 0.1) is 6.04 Å². The molecule has 1 aliphatic rings. The predicted molar refractivity (Wildman–Crippen MR) is 68.6 cm³/mol. The molecule has 0 bridgehead atoms. The van der Waals surface area contributed by atoms with Crippen molar-refractivity contribution < 1.29 is 4.79 Å². The molecule has 17 heavy (non-hydrogen) atoms. The second-order valence-electron chi connectivity index (χ2n) is 4.51. The Bertz CT molecular complexity index is 403. The summed E-state index contributed by atoms with van der Waals surface area (Å²) in [4.78, 5) is 11.8. The molecule has 3 nitrogen and oxygen atoms in total. The van der Waals surface area contributed by atoms with Crippen LogP contribution < -0.4 is 11.1 Å². The molecule has 1 unspecified atom stereocenters. The third-order valence-corrected chi connectivity index (χ3v) is 3.15. The molecule has 0 aliphatic heterocycles. The van der Waals surface area contributed by atoms with Gasteiger partial charge in [-0.05, 0) is 30.4 Å². The van der Waals surface area contributed by atoms with Gasteiger partial charge in [-0.25, -0.2) is 0 Å². The first kappa shape index (κ1) is 11.9. The van der Waals surface area contributed by atoms with E-state index in [4.69, 9.17) is 5.73 Å². The standard InChI is InChI=1S/C14H18N2O/c1-2-5-13(15)14(17)16-12-8-10-6-3-4-7-11(10)9-12/h2-4,6-7,12-13H,1,5,8-9,15H2,(H,16,17). The molecule has 1 atom stereocenters. The van der Waals surface area contributed by atoms with Crippen molar-refractivity contribution in [3.8, 4) is 0 Å². The lowest BCUT2D eigenvalue weighted by molar-refractivity contribution is -0.122. The van der Waals surface area contributed by atoms with Crippen LogP contribution in [0.1, 0.15) is 17.5 Å². The number of carbonyl (C=O) groups is 1. The molecule has 90 valence electrons. The molecule has 1 aromatic rings. The molecule has 3 heteroatoms. The van der Waals surface area contributed by atoms with Crippen LogP contribution in [0.3, 0.4) is 0 Å². The maximum atomic E-state index is 11.8. The van der Waals surface area contributed by atoms with Crippen molar-refractivity contribution in [3.63, 3.8) is 0 Å². The van der Waals surface area contributed by atoms with Gasteiger partial charge in [0.1, 0.15) is 0 Å². The summed E-state index contributed by atoms with van der Waals surface area (Å²) in [6.45, 7) is 3.59. The van der Waals surface area contributed by atoms with Crippen LogP contribution in [0, 0.1) is 0 Å². The van der Waals surface area contributed by atoms with Crippen molar-refractivity contribution in [2.24, 2.45) is 5.73 Å². The van der Waals surface area contributed by atoms with Gasteiger partial charge in [0.2, 0.25) is 5.91 Å². The smallest absolute Gasteiger partial charge is 0.237 e. The van der Waals surface area contributed by atoms with Gasteiger partial charge in [-0.3, -0.25) is 4.79 Å². The maximum Gasteiger partial charge on any atom is 0.237 e. The monoisotopic (exact) mass is 230 g/mol. The number of amides is 1. The Morgan fingerprint density at radius 3 is 2.59 bits per heavy atom. The fourth-order valence-corrected chi connectivity index (χ4v) is 2.26. The van der Waals surface area contributed by atoms with Crippen LogP contribution in [0.5, 0.6) is 0 Å². The molecular weight excluding hydrogens is 212 g/mol. The highest BCUT2D eigenvalue weighted by atomic mass is 16.2. The van der Waals surface area contributed by atoms with E-state index >= 15 is 0 Å². The first-order valence-electron chi connectivity index (χ1n) is 5.94. The lowest BCUT2D eigenvalue weighted by Crippen LogP contribution is -2.45. The number of benzene rings is 1. The van der Waals surface area contributed by atoms with Gasteiger partial charge >= 0.3 is 0 Å². The summed E-state index contributed by atoms with van der Waals surface area (Å²) >= 11 is 0. The van der Waals surface area contributed by atoms with Crippen molar-refractivity contribution in [1.29, 1.82) is 0 Å². The van der Waals surface area contributed by atoms with Gasteiger partial charge in [0.25, 0.3) is 0 Å². The fourth-order valence-electron chi connectivity index (χ4n) is 2.26. The topological polar surface area (TPSA) is 55.1 Å². The summed E-state index contributed by atoms with van der Waals surface area (Å²) in [5.74, 6) is -0.0808. The van der Waals surface area contributed by atoms with Crippen molar-refractivity contribution >= 4 is 5.91 Å². The van der Waals surface area contributed by atoms with Gasteiger partial charge in [-0.15, -0.1) is 6.58 Å². The molecule has 0 radical (unpaired) electrons. The molecule has 1 amide bonds. The van der Waals surface area contributed by atoms with E-state index in [0.29, 0.717) is 6.42 Å².